The van der Waals surface area contributed by atoms with E-state index in [9.17, 15) is 0 Å². The van der Waals surface area contributed by atoms with Gasteiger partial charge < -0.3 is 0 Å². The van der Waals surface area contributed by atoms with Gasteiger partial charge in [0.1, 0.15) is 0 Å². The molecular weight excluding hydrogens is 227 g/mol. The lowest BCUT2D eigenvalue weighted by Crippen LogP contribution is -2.26. The predicted molar refractivity (Wildman–Crippen MR) is 86.1 cm³/mol. The van der Waals surface area contributed by atoms with Crippen LogP contribution >= 0.6 is 0 Å². The fourth-order valence-electron chi connectivity index (χ4n) is 2.15. The highest BCUT2D eigenvalue weighted by Crippen LogP contribution is 2.12. The summed E-state index contributed by atoms with van der Waals surface area (Å²) < 4.78 is 0. The van der Waals surface area contributed by atoms with E-state index in [1.165, 1.54) is 22.1 Å². The lowest BCUT2D eigenvalue weighted by atomic mass is 9.63. The molecule has 0 amide bonds. The molecule has 2 aromatic rings. The molecule has 0 saturated carbocycles. The Kier molecular flexibility index (Phi) is 4.47. The number of hydrogen-bond donors (Lipinski definition) is 0. The average molecular weight is 249 g/mol. The van der Waals surface area contributed by atoms with Crippen LogP contribution in [0.5, 0.6) is 0 Å². The van der Waals surface area contributed by atoms with Crippen LogP contribution in [-0.2, 0) is 0 Å². The first kappa shape index (κ1) is 13.9. The van der Waals surface area contributed by atoms with E-state index in [4.69, 9.17) is 0 Å². The summed E-state index contributed by atoms with van der Waals surface area (Å²) >= 11 is 0. The SMILES string of the molecule is CC(C)c1ccc([B]c2ccc(C(C)C)cc2)cc1. The van der Waals surface area contributed by atoms with E-state index in [1.54, 1.807) is 0 Å². The minimum absolute atomic E-state index is 0.597. The molecule has 2 rings (SSSR count). The van der Waals surface area contributed by atoms with Gasteiger partial charge in [0.15, 0.2) is 7.28 Å². The van der Waals surface area contributed by atoms with Gasteiger partial charge in [-0.3, -0.25) is 0 Å². The van der Waals surface area contributed by atoms with Crippen molar-refractivity contribution < 1.29 is 0 Å². The Balaban J connectivity index is 2.08. The molecule has 0 aliphatic rings. The molecule has 0 aromatic heterocycles. The molecule has 97 valence electrons. The van der Waals surface area contributed by atoms with Crippen LogP contribution in [0.2, 0.25) is 0 Å². The second-order valence-corrected chi connectivity index (χ2v) is 5.79. The van der Waals surface area contributed by atoms with Crippen molar-refractivity contribution >= 4 is 18.2 Å². The van der Waals surface area contributed by atoms with Crippen LogP contribution in [0.15, 0.2) is 48.5 Å². The summed E-state index contributed by atoms with van der Waals surface area (Å²) in [4.78, 5) is 0. The van der Waals surface area contributed by atoms with Crippen LogP contribution in [0.3, 0.4) is 0 Å². The smallest absolute Gasteiger partial charge is 0.0814 e. The molecule has 0 nitrogen and oxygen atoms in total. The first-order chi connectivity index (χ1) is 9.06. The van der Waals surface area contributed by atoms with E-state index < -0.39 is 0 Å². The van der Waals surface area contributed by atoms with Gasteiger partial charge >= 0.3 is 0 Å². The molecule has 0 atom stereocenters. The molecule has 0 unspecified atom stereocenters. The molecule has 1 heteroatoms. The zero-order chi connectivity index (χ0) is 13.8. The van der Waals surface area contributed by atoms with Crippen LogP contribution in [0.1, 0.15) is 50.7 Å². The number of hydrogen-bond acceptors (Lipinski definition) is 0. The van der Waals surface area contributed by atoms with E-state index >= 15 is 0 Å². The van der Waals surface area contributed by atoms with Crippen molar-refractivity contribution in [3.63, 3.8) is 0 Å². The van der Waals surface area contributed by atoms with E-state index in [0.717, 1.165) is 0 Å². The molecule has 0 aliphatic carbocycles. The summed E-state index contributed by atoms with van der Waals surface area (Å²) in [6.07, 6.45) is 0. The molecular formula is C18H22B. The lowest BCUT2D eigenvalue weighted by molar-refractivity contribution is 0.867. The number of benzene rings is 2. The third-order valence-electron chi connectivity index (χ3n) is 3.54. The Morgan fingerprint density at radius 3 is 1.16 bits per heavy atom. The molecule has 19 heavy (non-hydrogen) atoms. The maximum absolute atomic E-state index is 2.23. The fourth-order valence-corrected chi connectivity index (χ4v) is 2.15. The standard InChI is InChI=1S/C18H22B/c1-13(2)15-5-9-17(10-6-15)19-18-11-7-16(8-12-18)14(3)4/h5-14H,1-4H3. The Morgan fingerprint density at radius 2 is 0.895 bits per heavy atom. The van der Waals surface area contributed by atoms with Crippen LogP contribution < -0.4 is 10.9 Å². The summed E-state index contributed by atoms with van der Waals surface area (Å²) in [5.41, 5.74) is 5.32. The number of rotatable bonds is 4. The van der Waals surface area contributed by atoms with E-state index in [1.807, 2.05) is 0 Å². The molecule has 0 saturated heterocycles. The van der Waals surface area contributed by atoms with Gasteiger partial charge in [0.25, 0.3) is 0 Å². The minimum atomic E-state index is 0.597. The fraction of sp³-hybridized carbons (Fsp3) is 0.333. The summed E-state index contributed by atoms with van der Waals surface area (Å²) in [5, 5.41) is 0. The second-order valence-electron chi connectivity index (χ2n) is 5.79. The van der Waals surface area contributed by atoms with Crippen LogP contribution in [0, 0.1) is 0 Å². The van der Waals surface area contributed by atoms with Gasteiger partial charge in [-0.15, -0.1) is 0 Å². The van der Waals surface area contributed by atoms with Crippen molar-refractivity contribution in [2.24, 2.45) is 0 Å². The molecule has 1 radical (unpaired) electrons. The zero-order valence-corrected chi connectivity index (χ0v) is 12.4. The van der Waals surface area contributed by atoms with Crippen molar-refractivity contribution in [2.75, 3.05) is 0 Å². The molecule has 0 aliphatic heterocycles. The second kappa shape index (κ2) is 6.10. The zero-order valence-electron chi connectivity index (χ0n) is 12.4. The van der Waals surface area contributed by atoms with Crippen LogP contribution in [0.4, 0.5) is 0 Å². The normalized spacial score (nSPS) is 11.1. The van der Waals surface area contributed by atoms with Crippen LogP contribution in [-0.4, -0.2) is 7.28 Å². The van der Waals surface area contributed by atoms with Gasteiger partial charge in [-0.1, -0.05) is 87.2 Å². The van der Waals surface area contributed by atoms with Crippen molar-refractivity contribution in [2.45, 2.75) is 39.5 Å². The minimum Gasteiger partial charge on any atom is -0.0814 e. The Labute approximate surface area is 118 Å². The summed E-state index contributed by atoms with van der Waals surface area (Å²) in [5.74, 6) is 1.19. The monoisotopic (exact) mass is 249 g/mol. The quantitative estimate of drug-likeness (QED) is 0.726. The topological polar surface area (TPSA) is 0 Å². The van der Waals surface area contributed by atoms with E-state index in [0.29, 0.717) is 11.8 Å². The van der Waals surface area contributed by atoms with E-state index in [-0.39, 0.29) is 0 Å². The lowest BCUT2D eigenvalue weighted by Gasteiger charge is -2.08. The van der Waals surface area contributed by atoms with Gasteiger partial charge in [0.2, 0.25) is 0 Å². The van der Waals surface area contributed by atoms with Crippen molar-refractivity contribution in [1.82, 2.24) is 0 Å². The van der Waals surface area contributed by atoms with Crippen molar-refractivity contribution in [3.8, 4) is 0 Å². The summed E-state index contributed by atoms with van der Waals surface area (Å²) in [6, 6.07) is 17.7. The highest BCUT2D eigenvalue weighted by molar-refractivity contribution is 6.67. The predicted octanol–water partition coefficient (Wildman–Crippen LogP) is 3.59. The van der Waals surface area contributed by atoms with Gasteiger partial charge in [-0.25, -0.2) is 0 Å². The maximum Gasteiger partial charge on any atom is 0.191 e. The van der Waals surface area contributed by atoms with Gasteiger partial charge in [-0.2, -0.15) is 0 Å². The first-order valence-corrected chi connectivity index (χ1v) is 7.11. The van der Waals surface area contributed by atoms with Crippen molar-refractivity contribution in [1.29, 1.82) is 0 Å². The molecule has 2 aromatic carbocycles. The van der Waals surface area contributed by atoms with Gasteiger partial charge in [0, 0.05) is 0 Å². The largest absolute Gasteiger partial charge is 0.191 e. The van der Waals surface area contributed by atoms with Crippen LogP contribution in [0.25, 0.3) is 0 Å². The Bertz CT molecular complexity index is 457. The average Bonchev–Trinajstić information content (AvgIpc) is 2.40. The molecule has 0 bridgehead atoms. The third-order valence-corrected chi connectivity index (χ3v) is 3.54. The first-order valence-electron chi connectivity index (χ1n) is 7.11. The molecule has 0 heterocycles. The Morgan fingerprint density at radius 1 is 0.579 bits per heavy atom. The third kappa shape index (κ3) is 3.73. The maximum atomic E-state index is 2.23. The van der Waals surface area contributed by atoms with E-state index in [2.05, 4.69) is 83.5 Å². The Hall–Kier alpha value is -1.50. The van der Waals surface area contributed by atoms with Gasteiger partial charge in [0.05, 0.1) is 0 Å². The molecule has 0 N–H and O–H groups in total. The van der Waals surface area contributed by atoms with Gasteiger partial charge in [-0.05, 0) is 23.0 Å². The molecule has 0 spiro atoms. The van der Waals surface area contributed by atoms with Crippen molar-refractivity contribution in [3.05, 3.63) is 59.7 Å². The summed E-state index contributed by atoms with van der Waals surface area (Å²) in [7, 11) is 2.23. The molecule has 0 fully saturated rings. The highest BCUT2D eigenvalue weighted by Gasteiger charge is 2.03. The highest BCUT2D eigenvalue weighted by atomic mass is 14.0. The summed E-state index contributed by atoms with van der Waals surface area (Å²) in [6.45, 7) is 8.90.